The zero-order valence-electron chi connectivity index (χ0n) is 4.80. The van der Waals surface area contributed by atoms with Crippen molar-refractivity contribution in [2.45, 2.75) is 12.6 Å². The largest absolute Gasteiger partial charge is 0.378 e. The molecule has 0 aromatic rings. The average Bonchev–Trinajstić information content (AvgIpc) is 2.12. The normalized spacial score (nSPS) is 33.0. The number of hydrogen-bond acceptors (Lipinski definition) is 3. The molecule has 1 heterocycles. The molecule has 4 N–H and O–H groups in total. The zero-order chi connectivity index (χ0) is 5.98. The lowest BCUT2D eigenvalue weighted by atomic mass is 10.1. The van der Waals surface area contributed by atoms with Crippen LogP contribution in [0.1, 0.15) is 6.42 Å². The minimum Gasteiger partial charge on any atom is -0.378 e. The number of nitrogens with one attached hydrogen (secondary N) is 1. The van der Waals surface area contributed by atoms with Crippen LogP contribution in [0.4, 0.5) is 0 Å². The van der Waals surface area contributed by atoms with Crippen LogP contribution in [0.3, 0.4) is 0 Å². The van der Waals surface area contributed by atoms with E-state index in [2.05, 4.69) is 5.32 Å². The van der Waals surface area contributed by atoms with Crippen LogP contribution in [0.25, 0.3) is 0 Å². The van der Waals surface area contributed by atoms with Gasteiger partial charge in [-0.2, -0.15) is 0 Å². The highest BCUT2D eigenvalue weighted by molar-refractivity contribution is 4.73. The van der Waals surface area contributed by atoms with Crippen molar-refractivity contribution in [2.24, 2.45) is 11.7 Å². The Hall–Kier alpha value is -0.120. The van der Waals surface area contributed by atoms with Gasteiger partial charge < -0.3 is 16.2 Å². The van der Waals surface area contributed by atoms with Crippen molar-refractivity contribution in [3.63, 3.8) is 0 Å². The maximum absolute atomic E-state index is 8.79. The standard InChI is InChI=1S/C5H12N2O/c6-5(8)4-1-2-7-3-4/h4-5,7-8H,1-3,6H2. The van der Waals surface area contributed by atoms with E-state index in [4.69, 9.17) is 10.8 Å². The third-order valence-electron chi connectivity index (χ3n) is 1.58. The van der Waals surface area contributed by atoms with E-state index < -0.39 is 6.23 Å². The summed E-state index contributed by atoms with van der Waals surface area (Å²) in [5, 5.41) is 11.9. The lowest BCUT2D eigenvalue weighted by Crippen LogP contribution is -2.30. The summed E-state index contributed by atoms with van der Waals surface area (Å²) in [4.78, 5) is 0. The quantitative estimate of drug-likeness (QED) is 0.380. The average molecular weight is 116 g/mol. The fourth-order valence-corrected chi connectivity index (χ4v) is 0.968. The Morgan fingerprint density at radius 3 is 2.75 bits per heavy atom. The van der Waals surface area contributed by atoms with Crippen molar-refractivity contribution in [2.75, 3.05) is 13.1 Å². The fourth-order valence-electron chi connectivity index (χ4n) is 0.968. The molecule has 0 aromatic heterocycles. The highest BCUT2D eigenvalue weighted by Crippen LogP contribution is 2.07. The van der Waals surface area contributed by atoms with E-state index in [0.29, 0.717) is 0 Å². The van der Waals surface area contributed by atoms with Crippen LogP contribution in [-0.2, 0) is 0 Å². The summed E-state index contributed by atoms with van der Waals surface area (Å²) in [6, 6.07) is 0. The molecule has 2 atom stereocenters. The highest BCUT2D eigenvalue weighted by atomic mass is 16.3. The third-order valence-corrected chi connectivity index (χ3v) is 1.58. The van der Waals surface area contributed by atoms with Crippen LogP contribution in [-0.4, -0.2) is 24.4 Å². The third kappa shape index (κ3) is 1.18. The molecular formula is C5H12N2O. The molecule has 0 spiro atoms. The molecule has 2 unspecified atom stereocenters. The van der Waals surface area contributed by atoms with Gasteiger partial charge in [0.1, 0.15) is 6.23 Å². The first-order valence-corrected chi connectivity index (χ1v) is 2.95. The van der Waals surface area contributed by atoms with Gasteiger partial charge in [0.25, 0.3) is 0 Å². The van der Waals surface area contributed by atoms with Crippen molar-refractivity contribution in [3.8, 4) is 0 Å². The van der Waals surface area contributed by atoms with Gasteiger partial charge in [0.15, 0.2) is 0 Å². The summed E-state index contributed by atoms with van der Waals surface area (Å²) < 4.78 is 0. The maximum atomic E-state index is 8.79. The second kappa shape index (κ2) is 2.44. The van der Waals surface area contributed by atoms with E-state index in [9.17, 15) is 0 Å². The first-order chi connectivity index (χ1) is 3.80. The molecule has 0 saturated carbocycles. The maximum Gasteiger partial charge on any atom is 0.106 e. The van der Waals surface area contributed by atoms with Gasteiger partial charge in [-0.25, -0.2) is 0 Å². The minimum absolute atomic E-state index is 0.287. The lowest BCUT2D eigenvalue weighted by molar-refractivity contribution is 0.124. The minimum atomic E-state index is -0.620. The predicted octanol–water partition coefficient (Wildman–Crippen LogP) is -1.13. The molecule has 1 saturated heterocycles. The molecule has 3 heteroatoms. The Kier molecular flexibility index (Phi) is 1.83. The van der Waals surface area contributed by atoms with E-state index in [0.717, 1.165) is 19.5 Å². The van der Waals surface area contributed by atoms with Gasteiger partial charge in [0.2, 0.25) is 0 Å². The predicted molar refractivity (Wildman–Crippen MR) is 31.2 cm³/mol. The van der Waals surface area contributed by atoms with Crippen molar-refractivity contribution in [1.82, 2.24) is 5.32 Å². The molecular weight excluding hydrogens is 104 g/mol. The Morgan fingerprint density at radius 1 is 1.75 bits per heavy atom. The van der Waals surface area contributed by atoms with Gasteiger partial charge in [-0.15, -0.1) is 0 Å². The first-order valence-electron chi connectivity index (χ1n) is 2.95. The van der Waals surface area contributed by atoms with Crippen molar-refractivity contribution >= 4 is 0 Å². The van der Waals surface area contributed by atoms with Crippen LogP contribution in [0.15, 0.2) is 0 Å². The van der Waals surface area contributed by atoms with Crippen LogP contribution >= 0.6 is 0 Å². The summed E-state index contributed by atoms with van der Waals surface area (Å²) in [6.45, 7) is 1.87. The smallest absolute Gasteiger partial charge is 0.106 e. The van der Waals surface area contributed by atoms with Gasteiger partial charge >= 0.3 is 0 Å². The second-order valence-corrected chi connectivity index (χ2v) is 2.24. The van der Waals surface area contributed by atoms with Gasteiger partial charge in [-0.05, 0) is 13.0 Å². The Labute approximate surface area is 48.9 Å². The number of rotatable bonds is 1. The highest BCUT2D eigenvalue weighted by Gasteiger charge is 2.18. The number of hydrogen-bond donors (Lipinski definition) is 3. The molecule has 0 aromatic carbocycles. The van der Waals surface area contributed by atoms with E-state index >= 15 is 0 Å². The summed E-state index contributed by atoms with van der Waals surface area (Å²) in [6.07, 6.45) is 0.391. The topological polar surface area (TPSA) is 58.3 Å². The molecule has 1 rings (SSSR count). The molecule has 0 bridgehead atoms. The van der Waals surface area contributed by atoms with Crippen LogP contribution in [0.5, 0.6) is 0 Å². The zero-order valence-corrected chi connectivity index (χ0v) is 4.80. The molecule has 0 amide bonds. The number of aliphatic hydroxyl groups is 1. The Balaban J connectivity index is 2.24. The van der Waals surface area contributed by atoms with Gasteiger partial charge in [0, 0.05) is 12.5 Å². The van der Waals surface area contributed by atoms with E-state index in [-0.39, 0.29) is 5.92 Å². The Bertz CT molecular complexity index is 68.8. The van der Waals surface area contributed by atoms with Gasteiger partial charge in [-0.1, -0.05) is 0 Å². The molecule has 8 heavy (non-hydrogen) atoms. The Morgan fingerprint density at radius 2 is 2.50 bits per heavy atom. The molecule has 1 fully saturated rings. The first kappa shape index (κ1) is 6.01. The molecule has 48 valence electrons. The van der Waals surface area contributed by atoms with E-state index in [1.54, 1.807) is 0 Å². The molecule has 1 aliphatic heterocycles. The number of nitrogens with two attached hydrogens (primary N) is 1. The van der Waals surface area contributed by atoms with Crippen LogP contribution < -0.4 is 11.1 Å². The monoisotopic (exact) mass is 116 g/mol. The van der Waals surface area contributed by atoms with E-state index in [1.807, 2.05) is 0 Å². The summed E-state index contributed by atoms with van der Waals surface area (Å²) in [7, 11) is 0. The molecule has 0 radical (unpaired) electrons. The summed E-state index contributed by atoms with van der Waals surface area (Å²) in [5.41, 5.74) is 5.21. The van der Waals surface area contributed by atoms with Gasteiger partial charge in [0.05, 0.1) is 0 Å². The van der Waals surface area contributed by atoms with E-state index in [1.165, 1.54) is 0 Å². The second-order valence-electron chi connectivity index (χ2n) is 2.24. The van der Waals surface area contributed by atoms with Crippen LogP contribution in [0.2, 0.25) is 0 Å². The molecule has 0 aliphatic carbocycles. The summed E-state index contributed by atoms with van der Waals surface area (Å²) >= 11 is 0. The van der Waals surface area contributed by atoms with Crippen molar-refractivity contribution in [1.29, 1.82) is 0 Å². The van der Waals surface area contributed by atoms with Crippen molar-refractivity contribution in [3.05, 3.63) is 0 Å². The fraction of sp³-hybridized carbons (Fsp3) is 1.00. The summed E-state index contributed by atoms with van der Waals surface area (Å²) in [5.74, 6) is 0.287. The van der Waals surface area contributed by atoms with Crippen molar-refractivity contribution < 1.29 is 5.11 Å². The molecule has 1 aliphatic rings. The SMILES string of the molecule is NC(O)C1CCNC1. The molecule has 3 nitrogen and oxygen atoms in total. The van der Waals surface area contributed by atoms with Gasteiger partial charge in [-0.3, -0.25) is 0 Å². The van der Waals surface area contributed by atoms with Crippen LogP contribution in [0, 0.1) is 5.92 Å². The lowest BCUT2D eigenvalue weighted by Gasteiger charge is -2.09. The number of aliphatic hydroxyl groups excluding tert-OH is 1.